The van der Waals surface area contributed by atoms with E-state index in [1.807, 2.05) is 66.7 Å². The highest BCUT2D eigenvalue weighted by molar-refractivity contribution is 14.1. The third-order valence-corrected chi connectivity index (χ3v) is 6.13. The van der Waals surface area contributed by atoms with Crippen LogP contribution in [0.25, 0.3) is 17.4 Å². The summed E-state index contributed by atoms with van der Waals surface area (Å²) >= 11 is 3.46. The first kappa shape index (κ1) is 21.5. The maximum Gasteiger partial charge on any atom is 0.344 e. The highest BCUT2D eigenvalue weighted by Gasteiger charge is 2.33. The summed E-state index contributed by atoms with van der Waals surface area (Å²) in [5.74, 6) is 0.514. The van der Waals surface area contributed by atoms with Crippen molar-refractivity contribution in [2.75, 3.05) is 6.61 Å². The summed E-state index contributed by atoms with van der Waals surface area (Å²) in [4.78, 5) is 17.5. The molecule has 4 rings (SSSR count). The van der Waals surface area contributed by atoms with E-state index in [-0.39, 0.29) is 17.9 Å². The summed E-state index contributed by atoms with van der Waals surface area (Å²) in [6.07, 6.45) is 1.70. The van der Waals surface area contributed by atoms with Crippen LogP contribution in [0.4, 0.5) is 5.69 Å². The van der Waals surface area contributed by atoms with E-state index in [0.29, 0.717) is 21.4 Å². The summed E-state index contributed by atoms with van der Waals surface area (Å²) < 4.78 is 12.2. The first-order valence-corrected chi connectivity index (χ1v) is 11.4. The summed E-state index contributed by atoms with van der Waals surface area (Å²) in [6.45, 7) is 1.92. The van der Waals surface area contributed by atoms with Gasteiger partial charge in [-0.1, -0.05) is 42.1 Å². The fraction of sp³-hybridized carbons (Fsp3) is 0.0833. The third-order valence-electron chi connectivity index (χ3n) is 4.39. The zero-order chi connectivity index (χ0) is 21.8. The average molecular weight is 543 g/mol. The molecule has 0 unspecified atom stereocenters. The van der Waals surface area contributed by atoms with Gasteiger partial charge >= 0.3 is 5.97 Å². The molecule has 2 aromatic carbocycles. The molecule has 156 valence electrons. The van der Waals surface area contributed by atoms with Crippen molar-refractivity contribution in [1.82, 2.24) is 0 Å². The van der Waals surface area contributed by atoms with Gasteiger partial charge in [-0.2, -0.15) is 0 Å². The van der Waals surface area contributed by atoms with Gasteiger partial charge in [0.1, 0.15) is 27.9 Å². The molecule has 0 saturated heterocycles. The lowest BCUT2D eigenvalue weighted by atomic mass is 10.2. The monoisotopic (exact) mass is 543 g/mol. The molecule has 2 heterocycles. The van der Waals surface area contributed by atoms with Crippen molar-refractivity contribution < 1.29 is 19.1 Å². The molecule has 0 aliphatic carbocycles. The van der Waals surface area contributed by atoms with Crippen LogP contribution >= 0.6 is 34.4 Å². The molecular formula is C24H18INO4S. The van der Waals surface area contributed by atoms with Crippen LogP contribution in [-0.2, 0) is 9.53 Å². The largest absolute Gasteiger partial charge is 0.506 e. The highest BCUT2D eigenvalue weighted by Crippen LogP contribution is 2.40. The second-order valence-corrected chi connectivity index (χ2v) is 8.79. The van der Waals surface area contributed by atoms with Crippen molar-refractivity contribution in [1.29, 1.82) is 0 Å². The zero-order valence-electron chi connectivity index (χ0n) is 16.5. The number of halogens is 1. The number of aliphatic hydroxyl groups is 1. The van der Waals surface area contributed by atoms with Gasteiger partial charge in [0.25, 0.3) is 0 Å². The highest BCUT2D eigenvalue weighted by atomic mass is 127. The Morgan fingerprint density at radius 2 is 1.87 bits per heavy atom. The Morgan fingerprint density at radius 3 is 2.58 bits per heavy atom. The van der Waals surface area contributed by atoms with Crippen molar-refractivity contribution in [3.8, 4) is 11.3 Å². The van der Waals surface area contributed by atoms with Gasteiger partial charge in [-0.25, -0.2) is 9.79 Å². The number of ether oxygens (including phenoxy) is 1. The van der Waals surface area contributed by atoms with E-state index < -0.39 is 5.97 Å². The molecule has 3 aromatic rings. The van der Waals surface area contributed by atoms with Gasteiger partial charge in [-0.15, -0.1) is 0 Å². The number of nitrogens with zero attached hydrogens (tertiary/aromatic N) is 1. The summed E-state index contributed by atoms with van der Waals surface area (Å²) in [6, 6.07) is 21.0. The van der Waals surface area contributed by atoms with E-state index >= 15 is 0 Å². The van der Waals surface area contributed by atoms with E-state index in [0.717, 1.165) is 14.9 Å². The van der Waals surface area contributed by atoms with E-state index in [2.05, 4.69) is 27.6 Å². The fourth-order valence-corrected chi connectivity index (χ4v) is 4.32. The molecule has 0 amide bonds. The quantitative estimate of drug-likeness (QED) is 0.285. The molecule has 5 nitrogen and oxygen atoms in total. The SMILES string of the molecule is CCOC(=O)C1=C(O)/C(=C/c2ccc(-c3ccc(I)cc3)o2)SC1=Nc1ccccc1. The van der Waals surface area contributed by atoms with E-state index in [1.54, 1.807) is 13.0 Å². The number of aliphatic hydroxyl groups excluding tert-OH is 1. The molecule has 0 radical (unpaired) electrons. The molecule has 0 saturated carbocycles. The number of hydrogen-bond acceptors (Lipinski definition) is 6. The number of rotatable bonds is 5. The molecule has 0 fully saturated rings. The molecule has 31 heavy (non-hydrogen) atoms. The van der Waals surface area contributed by atoms with Gasteiger partial charge in [-0.3, -0.25) is 0 Å². The van der Waals surface area contributed by atoms with Gasteiger partial charge in [-0.05, 0) is 72.0 Å². The summed E-state index contributed by atoms with van der Waals surface area (Å²) in [5.41, 5.74) is 1.70. The summed E-state index contributed by atoms with van der Waals surface area (Å²) in [7, 11) is 0. The molecule has 1 aliphatic heterocycles. The van der Waals surface area contributed by atoms with Crippen LogP contribution in [0, 0.1) is 3.57 Å². The number of aliphatic imine (C=N–C) groups is 1. The second kappa shape index (κ2) is 9.57. The number of esters is 1. The second-order valence-electron chi connectivity index (χ2n) is 6.52. The molecule has 0 bridgehead atoms. The van der Waals surface area contributed by atoms with Gasteiger partial charge < -0.3 is 14.3 Å². The Morgan fingerprint density at radius 1 is 1.13 bits per heavy atom. The smallest absolute Gasteiger partial charge is 0.344 e. The van der Waals surface area contributed by atoms with Crippen molar-refractivity contribution >= 4 is 57.1 Å². The van der Waals surface area contributed by atoms with Crippen molar-refractivity contribution in [3.63, 3.8) is 0 Å². The Bertz CT molecular complexity index is 1190. The number of benzene rings is 2. The minimum atomic E-state index is -0.607. The van der Waals surface area contributed by atoms with Crippen molar-refractivity contribution in [3.05, 3.63) is 92.3 Å². The van der Waals surface area contributed by atoms with Crippen molar-refractivity contribution in [2.45, 2.75) is 6.92 Å². The number of thioether (sulfide) groups is 1. The van der Waals surface area contributed by atoms with Gasteiger partial charge in [0.05, 0.1) is 17.2 Å². The topological polar surface area (TPSA) is 72.0 Å². The predicted octanol–water partition coefficient (Wildman–Crippen LogP) is 6.74. The number of carbonyl (C=O) groups is 1. The van der Waals surface area contributed by atoms with Crippen molar-refractivity contribution in [2.24, 2.45) is 4.99 Å². The van der Waals surface area contributed by atoms with Gasteiger partial charge in [0.15, 0.2) is 0 Å². The molecule has 1 aromatic heterocycles. The molecule has 1 N–H and O–H groups in total. The molecule has 1 aliphatic rings. The minimum absolute atomic E-state index is 0.0615. The number of hydrogen-bond donors (Lipinski definition) is 1. The zero-order valence-corrected chi connectivity index (χ0v) is 19.5. The molecule has 7 heteroatoms. The van der Waals surface area contributed by atoms with E-state index in [1.165, 1.54) is 11.8 Å². The summed E-state index contributed by atoms with van der Waals surface area (Å²) in [5, 5.41) is 11.2. The van der Waals surface area contributed by atoms with Crippen LogP contribution in [0.1, 0.15) is 12.7 Å². The lowest BCUT2D eigenvalue weighted by molar-refractivity contribution is -0.138. The first-order valence-electron chi connectivity index (χ1n) is 9.55. The Kier molecular flexibility index (Phi) is 6.62. The van der Waals surface area contributed by atoms with Crippen LogP contribution in [0.5, 0.6) is 0 Å². The van der Waals surface area contributed by atoms with E-state index in [9.17, 15) is 9.90 Å². The predicted molar refractivity (Wildman–Crippen MR) is 132 cm³/mol. The maximum absolute atomic E-state index is 12.5. The minimum Gasteiger partial charge on any atom is -0.506 e. The van der Waals surface area contributed by atoms with Crippen LogP contribution < -0.4 is 0 Å². The van der Waals surface area contributed by atoms with Crippen LogP contribution in [0.15, 0.2) is 92.4 Å². The third kappa shape index (κ3) is 4.94. The van der Waals surface area contributed by atoms with Gasteiger partial charge in [0, 0.05) is 9.13 Å². The molecule has 0 atom stereocenters. The van der Waals surface area contributed by atoms with E-state index in [4.69, 9.17) is 9.15 Å². The Balaban J connectivity index is 1.68. The van der Waals surface area contributed by atoms with Crippen LogP contribution in [-0.4, -0.2) is 22.7 Å². The number of furan rings is 1. The normalized spacial score (nSPS) is 16.3. The Hall–Kier alpha value is -2.78. The molecule has 0 spiro atoms. The number of para-hydroxylation sites is 1. The van der Waals surface area contributed by atoms with Crippen LogP contribution in [0.2, 0.25) is 0 Å². The fourth-order valence-electron chi connectivity index (χ4n) is 2.94. The average Bonchev–Trinajstić information content (AvgIpc) is 3.34. The molecular weight excluding hydrogens is 525 g/mol. The standard InChI is InChI=1S/C24H18INO4S/c1-2-29-24(28)21-22(27)20(31-23(21)26-17-6-4-3-5-7-17)14-18-12-13-19(30-18)15-8-10-16(25)11-9-15/h3-14,27H,2H2,1H3/b20-14-,26-23?. The first-order chi connectivity index (χ1) is 15.0. The van der Waals surface area contributed by atoms with Gasteiger partial charge in [0.2, 0.25) is 0 Å². The lowest BCUT2D eigenvalue weighted by Crippen LogP contribution is -2.12. The van der Waals surface area contributed by atoms with Crippen LogP contribution in [0.3, 0.4) is 0 Å². The Labute approximate surface area is 197 Å². The number of carbonyl (C=O) groups excluding carboxylic acids is 1. The maximum atomic E-state index is 12.5. The lowest BCUT2D eigenvalue weighted by Gasteiger charge is -2.03.